The smallest absolute Gasteiger partial charge is 0.338 e. The second-order valence-corrected chi connectivity index (χ2v) is 10.8. The Bertz CT molecular complexity index is 1390. The minimum atomic E-state index is -3.98. The molecule has 1 atom stereocenters. The molecule has 0 spiro atoms. The van der Waals surface area contributed by atoms with Gasteiger partial charge in [0.05, 0.1) is 23.2 Å². The van der Waals surface area contributed by atoms with Gasteiger partial charge in [-0.25, -0.2) is 13.2 Å². The largest absolute Gasteiger partial charge is 0.462 e. The van der Waals surface area contributed by atoms with Crippen LogP contribution < -0.4 is 5.56 Å². The number of ether oxygens (including phenoxy) is 2. The fraction of sp³-hybridized carbons (Fsp3) is 0.385. The first-order chi connectivity index (χ1) is 16.7. The van der Waals surface area contributed by atoms with Crippen LogP contribution in [0.5, 0.6) is 0 Å². The van der Waals surface area contributed by atoms with Crippen LogP contribution in [-0.4, -0.2) is 49.5 Å². The number of fused-ring (bicyclic) bond motifs is 1. The molecule has 1 aromatic heterocycles. The number of hydrogen-bond donors (Lipinski definition) is 1. The van der Waals surface area contributed by atoms with E-state index in [9.17, 15) is 18.0 Å². The number of carbonyl (C=O) groups is 1. The van der Waals surface area contributed by atoms with E-state index in [4.69, 9.17) is 9.47 Å². The predicted octanol–water partition coefficient (Wildman–Crippen LogP) is 3.69. The van der Waals surface area contributed by atoms with Crippen LogP contribution in [0.1, 0.15) is 46.8 Å². The average Bonchev–Trinajstić information content (AvgIpc) is 3.34. The van der Waals surface area contributed by atoms with Gasteiger partial charge in [-0.15, -0.1) is 0 Å². The third kappa shape index (κ3) is 5.47. The van der Waals surface area contributed by atoms with Crippen LogP contribution >= 0.6 is 0 Å². The van der Waals surface area contributed by atoms with Crippen LogP contribution in [0.3, 0.4) is 0 Å². The van der Waals surface area contributed by atoms with Crippen molar-refractivity contribution >= 4 is 26.9 Å². The fourth-order valence-corrected chi connectivity index (χ4v) is 5.67. The number of H-pyrrole nitrogens is 1. The van der Waals surface area contributed by atoms with E-state index in [0.29, 0.717) is 17.7 Å². The molecule has 1 aliphatic rings. The second kappa shape index (κ2) is 10.3. The lowest BCUT2D eigenvalue weighted by atomic mass is 10.0. The topological polar surface area (TPSA) is 106 Å². The van der Waals surface area contributed by atoms with Crippen molar-refractivity contribution in [2.75, 3.05) is 19.8 Å². The molecule has 1 fully saturated rings. The zero-order valence-electron chi connectivity index (χ0n) is 20.2. The van der Waals surface area contributed by atoms with E-state index in [-0.39, 0.29) is 41.8 Å². The van der Waals surface area contributed by atoms with E-state index in [0.717, 1.165) is 29.4 Å². The van der Waals surface area contributed by atoms with Crippen LogP contribution in [0.2, 0.25) is 0 Å². The van der Waals surface area contributed by atoms with Crippen molar-refractivity contribution in [1.29, 1.82) is 0 Å². The van der Waals surface area contributed by atoms with Gasteiger partial charge in [-0.3, -0.25) is 4.79 Å². The molecule has 0 saturated carbocycles. The van der Waals surface area contributed by atoms with Gasteiger partial charge in [0.2, 0.25) is 10.0 Å². The van der Waals surface area contributed by atoms with Gasteiger partial charge in [0, 0.05) is 30.8 Å². The molecule has 2 heterocycles. The summed E-state index contributed by atoms with van der Waals surface area (Å²) in [5.41, 5.74) is 3.16. The number of aryl methyl sites for hydroxylation is 2. The van der Waals surface area contributed by atoms with Gasteiger partial charge in [0.15, 0.2) is 0 Å². The zero-order chi connectivity index (χ0) is 25.2. The number of nitrogens with zero attached hydrogens (tertiary/aromatic N) is 1. The Morgan fingerprint density at radius 1 is 1.14 bits per heavy atom. The number of benzene rings is 2. The maximum atomic E-state index is 13.6. The van der Waals surface area contributed by atoms with E-state index in [2.05, 4.69) is 4.98 Å². The molecule has 0 amide bonds. The van der Waals surface area contributed by atoms with Crippen molar-refractivity contribution in [2.24, 2.45) is 0 Å². The van der Waals surface area contributed by atoms with E-state index >= 15 is 0 Å². The van der Waals surface area contributed by atoms with Crippen molar-refractivity contribution in [3.63, 3.8) is 0 Å². The Labute approximate surface area is 204 Å². The number of rotatable bonds is 8. The molecule has 186 valence electrons. The summed E-state index contributed by atoms with van der Waals surface area (Å²) in [5.74, 6) is -0.513. The molecule has 4 rings (SSSR count). The number of esters is 1. The summed E-state index contributed by atoms with van der Waals surface area (Å²) in [6, 6.07) is 11.3. The maximum absolute atomic E-state index is 13.6. The molecule has 35 heavy (non-hydrogen) atoms. The Morgan fingerprint density at radius 2 is 1.86 bits per heavy atom. The molecule has 0 radical (unpaired) electrons. The fourth-order valence-electron chi connectivity index (χ4n) is 4.22. The molecule has 1 N–H and O–H groups in total. The maximum Gasteiger partial charge on any atom is 0.338 e. The summed E-state index contributed by atoms with van der Waals surface area (Å²) in [7, 11) is -3.98. The Balaban J connectivity index is 1.69. The van der Waals surface area contributed by atoms with E-state index in [1.807, 2.05) is 26.0 Å². The highest BCUT2D eigenvalue weighted by Crippen LogP contribution is 2.24. The monoisotopic (exact) mass is 498 g/mol. The van der Waals surface area contributed by atoms with Crippen molar-refractivity contribution < 1.29 is 22.7 Å². The number of sulfonamides is 1. The van der Waals surface area contributed by atoms with Crippen LogP contribution in [0.15, 0.2) is 52.2 Å². The SMILES string of the molecule is CCOC(=O)c1ccc(S(=O)(=O)N(Cc2cc3cc(C)c(C)cc3[nH]c2=O)C[C@@H]2CCCO2)cc1. The minimum Gasteiger partial charge on any atom is -0.462 e. The highest BCUT2D eigenvalue weighted by atomic mass is 32.2. The molecule has 9 heteroatoms. The third-order valence-corrected chi connectivity index (χ3v) is 8.14. The van der Waals surface area contributed by atoms with E-state index in [1.165, 1.54) is 28.6 Å². The van der Waals surface area contributed by atoms with Crippen molar-refractivity contribution in [3.8, 4) is 0 Å². The molecule has 1 saturated heterocycles. The van der Waals surface area contributed by atoms with E-state index in [1.54, 1.807) is 13.0 Å². The Morgan fingerprint density at radius 3 is 2.51 bits per heavy atom. The summed E-state index contributed by atoms with van der Waals surface area (Å²) >= 11 is 0. The number of pyridine rings is 1. The minimum absolute atomic E-state index is 0.0345. The first-order valence-corrected chi connectivity index (χ1v) is 13.1. The van der Waals surface area contributed by atoms with Gasteiger partial charge in [0.25, 0.3) is 5.56 Å². The third-order valence-electron chi connectivity index (χ3n) is 6.32. The molecule has 0 unspecified atom stereocenters. The highest BCUT2D eigenvalue weighted by molar-refractivity contribution is 7.89. The summed E-state index contributed by atoms with van der Waals surface area (Å²) in [6.07, 6.45) is 1.37. The Hall–Kier alpha value is -3.01. The van der Waals surface area contributed by atoms with Gasteiger partial charge in [-0.1, -0.05) is 0 Å². The number of nitrogens with one attached hydrogen (secondary N) is 1. The molecular formula is C26H30N2O6S. The van der Waals surface area contributed by atoms with Gasteiger partial charge in [-0.2, -0.15) is 4.31 Å². The number of aromatic nitrogens is 1. The van der Waals surface area contributed by atoms with Crippen molar-refractivity contribution in [3.05, 3.63) is 75.1 Å². The predicted molar refractivity (Wildman–Crippen MR) is 133 cm³/mol. The lowest BCUT2D eigenvalue weighted by Crippen LogP contribution is -2.38. The number of aromatic amines is 1. The highest BCUT2D eigenvalue weighted by Gasteiger charge is 2.30. The normalized spacial score (nSPS) is 16.2. The number of carbonyl (C=O) groups excluding carboxylic acids is 1. The van der Waals surface area contributed by atoms with Crippen LogP contribution in [-0.2, 0) is 26.0 Å². The van der Waals surface area contributed by atoms with Crippen molar-refractivity contribution in [1.82, 2.24) is 9.29 Å². The standard InChI is InChI=1S/C26H30N2O6S/c1-4-33-26(30)19-7-9-23(10-8-19)35(31,32)28(16-22-6-5-11-34-22)15-21-14-20-12-17(2)18(3)13-24(20)27-25(21)29/h7-10,12-14,22H,4-6,11,15-16H2,1-3H3,(H,27,29)/t22-/m0/s1. The molecule has 1 aliphatic heterocycles. The summed E-state index contributed by atoms with van der Waals surface area (Å²) < 4.78 is 39.3. The lowest BCUT2D eigenvalue weighted by molar-refractivity contribution is 0.0526. The average molecular weight is 499 g/mol. The molecule has 0 aliphatic carbocycles. The van der Waals surface area contributed by atoms with E-state index < -0.39 is 16.0 Å². The van der Waals surface area contributed by atoms with Gasteiger partial charge < -0.3 is 14.5 Å². The quantitative estimate of drug-likeness (QED) is 0.475. The first-order valence-electron chi connectivity index (χ1n) is 11.7. The zero-order valence-corrected chi connectivity index (χ0v) is 21.0. The summed E-state index contributed by atoms with van der Waals surface area (Å²) in [4.78, 5) is 27.8. The Kier molecular flexibility index (Phi) is 7.39. The molecule has 3 aromatic rings. The van der Waals surface area contributed by atoms with Crippen LogP contribution in [0.4, 0.5) is 0 Å². The van der Waals surface area contributed by atoms with Crippen LogP contribution in [0.25, 0.3) is 10.9 Å². The summed E-state index contributed by atoms with van der Waals surface area (Å²) in [6.45, 7) is 6.52. The first kappa shape index (κ1) is 25.1. The van der Waals surface area contributed by atoms with Crippen LogP contribution in [0, 0.1) is 13.8 Å². The van der Waals surface area contributed by atoms with Crippen molar-refractivity contribution in [2.45, 2.75) is 51.2 Å². The van der Waals surface area contributed by atoms with Gasteiger partial charge in [-0.05, 0) is 92.6 Å². The molecule has 2 aromatic carbocycles. The second-order valence-electron chi connectivity index (χ2n) is 8.82. The van der Waals surface area contributed by atoms with Gasteiger partial charge >= 0.3 is 5.97 Å². The van der Waals surface area contributed by atoms with Gasteiger partial charge in [0.1, 0.15) is 0 Å². The summed E-state index contributed by atoms with van der Waals surface area (Å²) in [5, 5.41) is 0.843. The molecular weight excluding hydrogens is 468 g/mol. The molecule has 0 bridgehead atoms. The molecule has 8 nitrogen and oxygen atoms in total. The number of hydrogen-bond acceptors (Lipinski definition) is 6. The lowest BCUT2D eigenvalue weighted by Gasteiger charge is -2.25.